The summed E-state index contributed by atoms with van der Waals surface area (Å²) in [6, 6.07) is 8.55. The van der Waals surface area contributed by atoms with Gasteiger partial charge in [0.15, 0.2) is 0 Å². The molecule has 0 aliphatic carbocycles. The first-order chi connectivity index (χ1) is 8.84. The van der Waals surface area contributed by atoms with E-state index in [1.54, 1.807) is 0 Å². The molecule has 0 radical (unpaired) electrons. The van der Waals surface area contributed by atoms with Crippen molar-refractivity contribution in [3.05, 3.63) is 36.0 Å². The van der Waals surface area contributed by atoms with Crippen molar-refractivity contribution in [1.82, 2.24) is 10.2 Å². The maximum atomic E-state index is 5.38. The van der Waals surface area contributed by atoms with Crippen LogP contribution in [0.1, 0.15) is 5.56 Å². The molecule has 1 saturated heterocycles. The molecule has 1 aromatic carbocycles. The lowest BCUT2D eigenvalue weighted by Gasteiger charge is -2.28. The summed E-state index contributed by atoms with van der Waals surface area (Å²) in [6.45, 7) is 5.50. The summed E-state index contributed by atoms with van der Waals surface area (Å²) < 4.78 is 5.38. The molecule has 4 heteroatoms. The van der Waals surface area contributed by atoms with E-state index in [9.17, 15) is 0 Å². The minimum Gasteiger partial charge on any atom is -0.378 e. The predicted molar refractivity (Wildman–Crippen MR) is 71.8 cm³/mol. The van der Waals surface area contributed by atoms with Crippen LogP contribution in [0.4, 0.5) is 5.82 Å². The third-order valence-corrected chi connectivity index (χ3v) is 3.31. The fraction of sp³-hybridized carbons (Fsp3) is 0.357. The zero-order valence-corrected chi connectivity index (χ0v) is 10.5. The molecular weight excluding hydrogens is 226 g/mol. The molecule has 1 N–H and O–H groups in total. The topological polar surface area (TPSA) is 41.2 Å². The van der Waals surface area contributed by atoms with Gasteiger partial charge in [-0.25, -0.2) is 0 Å². The summed E-state index contributed by atoms with van der Waals surface area (Å²) in [5.74, 6) is 1.10. The van der Waals surface area contributed by atoms with Gasteiger partial charge in [-0.3, -0.25) is 5.10 Å². The second-order valence-electron chi connectivity index (χ2n) is 4.60. The van der Waals surface area contributed by atoms with Crippen molar-refractivity contribution in [2.75, 3.05) is 31.2 Å². The number of hydrogen-bond donors (Lipinski definition) is 1. The Balaban J connectivity index is 1.93. The van der Waals surface area contributed by atoms with Crippen LogP contribution in [0.25, 0.3) is 11.1 Å². The molecule has 4 nitrogen and oxygen atoms in total. The molecule has 2 heterocycles. The number of ether oxygens (including phenoxy) is 1. The van der Waals surface area contributed by atoms with E-state index in [0.717, 1.165) is 37.7 Å². The molecule has 0 saturated carbocycles. The average molecular weight is 243 g/mol. The molecule has 0 atom stereocenters. The van der Waals surface area contributed by atoms with Gasteiger partial charge in [-0.2, -0.15) is 5.10 Å². The smallest absolute Gasteiger partial charge is 0.132 e. The molecule has 0 unspecified atom stereocenters. The van der Waals surface area contributed by atoms with Crippen molar-refractivity contribution in [3.8, 4) is 11.1 Å². The average Bonchev–Trinajstić information content (AvgIpc) is 2.90. The quantitative estimate of drug-likeness (QED) is 0.879. The first-order valence-electron chi connectivity index (χ1n) is 6.28. The van der Waals surface area contributed by atoms with Crippen LogP contribution < -0.4 is 4.90 Å². The van der Waals surface area contributed by atoms with E-state index in [-0.39, 0.29) is 0 Å². The van der Waals surface area contributed by atoms with Crippen molar-refractivity contribution >= 4 is 5.82 Å². The SMILES string of the molecule is Cc1ccc(-c2cn[nH]c2N2CCOCC2)cc1. The molecular formula is C14H17N3O. The van der Waals surface area contributed by atoms with Crippen LogP contribution in [0.5, 0.6) is 0 Å². The number of nitrogens with one attached hydrogen (secondary N) is 1. The summed E-state index contributed by atoms with van der Waals surface area (Å²) >= 11 is 0. The molecule has 2 aromatic rings. The van der Waals surface area contributed by atoms with Gasteiger partial charge in [-0.05, 0) is 12.5 Å². The Morgan fingerprint density at radius 2 is 1.89 bits per heavy atom. The standard InChI is InChI=1S/C14H17N3O/c1-11-2-4-12(5-3-11)13-10-15-16-14(13)17-6-8-18-9-7-17/h2-5,10H,6-9H2,1H3,(H,15,16). The second kappa shape index (κ2) is 4.82. The van der Waals surface area contributed by atoms with Crippen LogP contribution in [0.3, 0.4) is 0 Å². The summed E-state index contributed by atoms with van der Waals surface area (Å²) in [6.07, 6.45) is 1.90. The minimum atomic E-state index is 0.784. The normalized spacial score (nSPS) is 15.9. The molecule has 94 valence electrons. The fourth-order valence-electron chi connectivity index (χ4n) is 2.25. The van der Waals surface area contributed by atoms with Crippen molar-refractivity contribution in [1.29, 1.82) is 0 Å². The Morgan fingerprint density at radius 1 is 1.17 bits per heavy atom. The zero-order chi connectivity index (χ0) is 12.4. The van der Waals surface area contributed by atoms with Crippen molar-refractivity contribution in [3.63, 3.8) is 0 Å². The highest BCUT2D eigenvalue weighted by Gasteiger charge is 2.17. The van der Waals surface area contributed by atoms with Gasteiger partial charge in [0.25, 0.3) is 0 Å². The molecule has 0 bridgehead atoms. The highest BCUT2D eigenvalue weighted by atomic mass is 16.5. The Morgan fingerprint density at radius 3 is 2.61 bits per heavy atom. The number of aromatic amines is 1. The molecule has 1 aliphatic rings. The first kappa shape index (κ1) is 11.3. The number of hydrogen-bond acceptors (Lipinski definition) is 3. The summed E-state index contributed by atoms with van der Waals surface area (Å²) in [7, 11) is 0. The Labute approximate surface area is 107 Å². The van der Waals surface area contributed by atoms with E-state index in [0.29, 0.717) is 0 Å². The largest absolute Gasteiger partial charge is 0.378 e. The number of aromatic nitrogens is 2. The predicted octanol–water partition coefficient (Wildman–Crippen LogP) is 2.22. The fourth-order valence-corrected chi connectivity index (χ4v) is 2.25. The minimum absolute atomic E-state index is 0.784. The number of rotatable bonds is 2. The van der Waals surface area contributed by atoms with Gasteiger partial charge in [-0.15, -0.1) is 0 Å². The van der Waals surface area contributed by atoms with E-state index in [2.05, 4.69) is 46.3 Å². The molecule has 0 amide bonds. The van der Waals surface area contributed by atoms with Crippen molar-refractivity contribution in [2.24, 2.45) is 0 Å². The van der Waals surface area contributed by atoms with Crippen LogP contribution in [0.15, 0.2) is 30.5 Å². The number of anilines is 1. The summed E-state index contributed by atoms with van der Waals surface area (Å²) in [5, 5.41) is 7.30. The van der Waals surface area contributed by atoms with E-state index >= 15 is 0 Å². The highest BCUT2D eigenvalue weighted by Crippen LogP contribution is 2.29. The third-order valence-electron chi connectivity index (χ3n) is 3.31. The van der Waals surface area contributed by atoms with Crippen LogP contribution in [-0.4, -0.2) is 36.5 Å². The molecule has 0 spiro atoms. The molecule has 1 fully saturated rings. The Hall–Kier alpha value is -1.81. The van der Waals surface area contributed by atoms with Gasteiger partial charge in [0.2, 0.25) is 0 Å². The lowest BCUT2D eigenvalue weighted by molar-refractivity contribution is 0.122. The van der Waals surface area contributed by atoms with Gasteiger partial charge in [0.1, 0.15) is 5.82 Å². The Bertz CT molecular complexity index is 512. The van der Waals surface area contributed by atoms with Gasteiger partial charge in [0.05, 0.1) is 19.4 Å². The van der Waals surface area contributed by atoms with E-state index in [1.807, 2.05) is 6.20 Å². The molecule has 18 heavy (non-hydrogen) atoms. The maximum absolute atomic E-state index is 5.38. The number of H-pyrrole nitrogens is 1. The summed E-state index contributed by atoms with van der Waals surface area (Å²) in [5.41, 5.74) is 3.64. The molecule has 1 aliphatic heterocycles. The molecule has 3 rings (SSSR count). The lowest BCUT2D eigenvalue weighted by atomic mass is 10.1. The van der Waals surface area contributed by atoms with Gasteiger partial charge < -0.3 is 9.64 Å². The van der Waals surface area contributed by atoms with Crippen LogP contribution >= 0.6 is 0 Å². The monoisotopic (exact) mass is 243 g/mol. The van der Waals surface area contributed by atoms with E-state index < -0.39 is 0 Å². The number of aryl methyl sites for hydroxylation is 1. The maximum Gasteiger partial charge on any atom is 0.132 e. The van der Waals surface area contributed by atoms with Crippen molar-refractivity contribution < 1.29 is 4.74 Å². The molecule has 1 aromatic heterocycles. The van der Waals surface area contributed by atoms with Crippen LogP contribution in [0.2, 0.25) is 0 Å². The van der Waals surface area contributed by atoms with Crippen molar-refractivity contribution in [2.45, 2.75) is 6.92 Å². The highest BCUT2D eigenvalue weighted by molar-refractivity contribution is 5.75. The first-order valence-corrected chi connectivity index (χ1v) is 6.28. The summed E-state index contributed by atoms with van der Waals surface area (Å²) in [4.78, 5) is 2.30. The number of morpholine rings is 1. The van der Waals surface area contributed by atoms with Crippen LogP contribution in [-0.2, 0) is 4.74 Å². The lowest BCUT2D eigenvalue weighted by Crippen LogP contribution is -2.36. The third kappa shape index (κ3) is 2.11. The number of benzene rings is 1. The van der Waals surface area contributed by atoms with Crippen LogP contribution in [0, 0.1) is 6.92 Å². The number of nitrogens with zero attached hydrogens (tertiary/aromatic N) is 2. The second-order valence-corrected chi connectivity index (χ2v) is 4.60. The van der Waals surface area contributed by atoms with Gasteiger partial charge in [-0.1, -0.05) is 29.8 Å². The Kier molecular flexibility index (Phi) is 3.02. The van der Waals surface area contributed by atoms with E-state index in [4.69, 9.17) is 4.74 Å². The van der Waals surface area contributed by atoms with Gasteiger partial charge >= 0.3 is 0 Å². The zero-order valence-electron chi connectivity index (χ0n) is 10.5. The van der Waals surface area contributed by atoms with E-state index in [1.165, 1.54) is 11.1 Å². The van der Waals surface area contributed by atoms with Gasteiger partial charge in [0, 0.05) is 18.7 Å².